The first kappa shape index (κ1) is 22.3. The van der Waals surface area contributed by atoms with E-state index in [1.807, 2.05) is 6.07 Å². The minimum atomic E-state index is -2.89. The zero-order chi connectivity index (χ0) is 27.4. The summed E-state index contributed by atoms with van der Waals surface area (Å²) in [4.78, 5) is 42.7. The summed E-state index contributed by atoms with van der Waals surface area (Å²) in [5.74, 6) is -1.82. The topological polar surface area (TPSA) is 97.3 Å². The molecule has 0 atom stereocenters. The lowest BCUT2D eigenvalue weighted by Gasteiger charge is -2.30. The highest BCUT2D eigenvalue weighted by molar-refractivity contribution is 6.01. The summed E-state index contributed by atoms with van der Waals surface area (Å²) in [6.45, 7) is -3.69. The van der Waals surface area contributed by atoms with Crippen molar-refractivity contribution in [2.45, 2.75) is 82.8 Å². The SMILES string of the molecule is [2H]C([2H])([2H])N1CC(=O)OC2(CC/C=C/CCCCCC(=O)N/C1=N/C(=O)OCc1ccccc1)CCCC2. The van der Waals surface area contributed by atoms with Gasteiger partial charge in [0.15, 0.2) is 0 Å². The first-order valence-electron chi connectivity index (χ1n) is 13.9. The summed E-state index contributed by atoms with van der Waals surface area (Å²) in [7, 11) is 0. The zero-order valence-corrected chi connectivity index (χ0v) is 20.2. The van der Waals surface area contributed by atoms with Crippen molar-refractivity contribution < 1.29 is 28.0 Å². The van der Waals surface area contributed by atoms with Crippen molar-refractivity contribution in [1.29, 1.82) is 0 Å². The van der Waals surface area contributed by atoms with Gasteiger partial charge in [-0.3, -0.25) is 14.9 Å². The van der Waals surface area contributed by atoms with Crippen LogP contribution >= 0.6 is 0 Å². The van der Waals surface area contributed by atoms with E-state index in [-0.39, 0.29) is 13.0 Å². The smallest absolute Gasteiger partial charge is 0.437 e. The Hall–Kier alpha value is -3.16. The number of esters is 1. The van der Waals surface area contributed by atoms with Crippen LogP contribution in [0.25, 0.3) is 0 Å². The van der Waals surface area contributed by atoms with Gasteiger partial charge in [0.2, 0.25) is 11.9 Å². The van der Waals surface area contributed by atoms with E-state index in [0.29, 0.717) is 36.1 Å². The van der Waals surface area contributed by atoms with Crippen molar-refractivity contribution in [2.75, 3.05) is 13.5 Å². The normalized spacial score (nSPS) is 23.9. The number of nitrogens with one attached hydrogen (secondary N) is 1. The van der Waals surface area contributed by atoms with Crippen LogP contribution in [0.15, 0.2) is 47.5 Å². The first-order chi connectivity index (χ1) is 18.2. The molecule has 1 heterocycles. The third kappa shape index (κ3) is 9.19. The molecule has 1 fully saturated rings. The van der Waals surface area contributed by atoms with Gasteiger partial charge in [-0.15, -0.1) is 4.99 Å². The molecule has 1 aliphatic carbocycles. The quantitative estimate of drug-likeness (QED) is 0.472. The second kappa shape index (κ2) is 13.7. The summed E-state index contributed by atoms with van der Waals surface area (Å²) < 4.78 is 35.1. The van der Waals surface area contributed by atoms with Gasteiger partial charge in [-0.1, -0.05) is 48.9 Å². The molecule has 0 saturated heterocycles. The first-order valence-corrected chi connectivity index (χ1v) is 12.4. The van der Waals surface area contributed by atoms with Crippen molar-refractivity contribution in [3.63, 3.8) is 0 Å². The molecule has 0 bridgehead atoms. The van der Waals surface area contributed by atoms with Gasteiger partial charge in [0.05, 0.1) is 0 Å². The predicted molar refractivity (Wildman–Crippen MR) is 134 cm³/mol. The Morgan fingerprint density at radius 2 is 1.86 bits per heavy atom. The lowest BCUT2D eigenvalue weighted by molar-refractivity contribution is -0.160. The van der Waals surface area contributed by atoms with Crippen LogP contribution in [0.3, 0.4) is 0 Å². The molecule has 190 valence electrons. The molecule has 8 heteroatoms. The Balaban J connectivity index is 1.84. The Morgan fingerprint density at radius 1 is 1.09 bits per heavy atom. The average molecular weight is 487 g/mol. The maximum atomic E-state index is 13.1. The number of guanidine groups is 1. The van der Waals surface area contributed by atoms with Gasteiger partial charge in [0.1, 0.15) is 18.8 Å². The van der Waals surface area contributed by atoms with Crippen LogP contribution in [0.4, 0.5) is 4.79 Å². The molecule has 1 N–H and O–H groups in total. The highest BCUT2D eigenvalue weighted by Gasteiger charge is 2.37. The number of amides is 2. The van der Waals surface area contributed by atoms with Gasteiger partial charge in [-0.05, 0) is 63.4 Å². The molecule has 0 radical (unpaired) electrons. The van der Waals surface area contributed by atoms with Gasteiger partial charge in [0, 0.05) is 17.5 Å². The number of aliphatic imine (C=N–C) groups is 1. The second-order valence-corrected chi connectivity index (χ2v) is 9.08. The van der Waals surface area contributed by atoms with Crippen LogP contribution in [-0.2, 0) is 25.7 Å². The fourth-order valence-corrected chi connectivity index (χ4v) is 4.39. The zero-order valence-electron chi connectivity index (χ0n) is 23.2. The number of likely N-dealkylation sites (N-methyl/N-ethyl adjacent to an activating group) is 1. The van der Waals surface area contributed by atoms with Crippen LogP contribution in [-0.4, -0.2) is 48.0 Å². The summed E-state index contributed by atoms with van der Waals surface area (Å²) in [6.07, 6.45) is 11.1. The Kier molecular flexibility index (Phi) is 8.71. The minimum absolute atomic E-state index is 0.0865. The van der Waals surface area contributed by atoms with Crippen molar-refractivity contribution in [2.24, 2.45) is 4.99 Å². The molecule has 2 amide bonds. The van der Waals surface area contributed by atoms with Crippen LogP contribution in [0, 0.1) is 0 Å². The molecular formula is C27H37N3O5. The number of carbonyl (C=O) groups excluding carboxylic acids is 3. The summed E-state index contributed by atoms with van der Waals surface area (Å²) in [5, 5.41) is 2.43. The van der Waals surface area contributed by atoms with E-state index in [0.717, 1.165) is 38.5 Å². The molecule has 1 aromatic carbocycles. The molecule has 1 spiro atoms. The number of allylic oxidation sites excluding steroid dienone is 2. The van der Waals surface area contributed by atoms with Crippen LogP contribution in [0.2, 0.25) is 0 Å². The molecule has 1 saturated carbocycles. The highest BCUT2D eigenvalue weighted by Crippen LogP contribution is 2.37. The molecule has 1 aliphatic heterocycles. The van der Waals surface area contributed by atoms with Gasteiger partial charge in [-0.25, -0.2) is 4.79 Å². The number of hydrogen-bond acceptors (Lipinski definition) is 5. The van der Waals surface area contributed by atoms with E-state index in [2.05, 4.69) is 22.5 Å². The summed E-state index contributed by atoms with van der Waals surface area (Å²) in [5.41, 5.74) is 0.0666. The fourth-order valence-electron chi connectivity index (χ4n) is 4.39. The molecule has 2 aliphatic rings. The van der Waals surface area contributed by atoms with Crippen molar-refractivity contribution in [3.05, 3.63) is 48.0 Å². The summed E-state index contributed by atoms with van der Waals surface area (Å²) >= 11 is 0. The lowest BCUT2D eigenvalue weighted by atomic mass is 9.95. The molecule has 35 heavy (non-hydrogen) atoms. The number of nitrogens with zero attached hydrogens (tertiary/aromatic N) is 2. The van der Waals surface area contributed by atoms with Crippen LogP contribution in [0.1, 0.15) is 80.3 Å². The number of ether oxygens (including phenoxy) is 2. The van der Waals surface area contributed by atoms with E-state index >= 15 is 0 Å². The molecule has 0 aromatic heterocycles. The van der Waals surface area contributed by atoms with E-state index in [1.165, 1.54) is 0 Å². The number of rotatable bonds is 2. The Bertz CT molecular complexity index is 1000. The van der Waals surface area contributed by atoms with Gasteiger partial charge >= 0.3 is 12.1 Å². The molecule has 3 rings (SSSR count). The molecule has 1 aromatic rings. The third-order valence-electron chi connectivity index (χ3n) is 6.25. The Labute approximate surface area is 212 Å². The van der Waals surface area contributed by atoms with E-state index < -0.39 is 43.1 Å². The predicted octanol–water partition coefficient (Wildman–Crippen LogP) is 4.88. The van der Waals surface area contributed by atoms with Gasteiger partial charge < -0.3 is 14.4 Å². The van der Waals surface area contributed by atoms with Crippen LogP contribution < -0.4 is 5.32 Å². The number of carbonyl (C=O) groups is 3. The molecule has 0 unspecified atom stereocenters. The lowest BCUT2D eigenvalue weighted by Crippen LogP contribution is -2.46. The van der Waals surface area contributed by atoms with Crippen molar-refractivity contribution in [1.82, 2.24) is 10.2 Å². The molecular weight excluding hydrogens is 446 g/mol. The fraction of sp³-hybridized carbons (Fsp3) is 0.556. The van der Waals surface area contributed by atoms with Gasteiger partial charge in [-0.2, -0.15) is 0 Å². The number of hydrogen-bond donors (Lipinski definition) is 1. The maximum absolute atomic E-state index is 13.1. The van der Waals surface area contributed by atoms with Crippen molar-refractivity contribution in [3.8, 4) is 0 Å². The highest BCUT2D eigenvalue weighted by atomic mass is 16.6. The van der Waals surface area contributed by atoms with Gasteiger partial charge in [0.25, 0.3) is 0 Å². The van der Waals surface area contributed by atoms with E-state index in [1.54, 1.807) is 24.3 Å². The monoisotopic (exact) mass is 486 g/mol. The summed E-state index contributed by atoms with van der Waals surface area (Å²) in [6, 6.07) is 8.91. The average Bonchev–Trinajstić information content (AvgIpc) is 3.32. The number of benzene rings is 1. The third-order valence-corrected chi connectivity index (χ3v) is 6.25. The standard InChI is InChI=1S/C27H37N3O5/c1-30-20-24(32)35-27(18-12-13-19-27)17-11-6-4-2-3-5-10-16-23(31)28-25(30)29-26(33)34-21-22-14-8-7-9-15-22/h4,6-9,14-15H,2-3,5,10-13,16-21H2,1H3,(H,28,29,31,33)/b6-4+/i1D3. The van der Waals surface area contributed by atoms with Crippen molar-refractivity contribution >= 4 is 23.9 Å². The molecule has 8 nitrogen and oxygen atoms in total. The minimum Gasteiger partial charge on any atom is -0.458 e. The van der Waals surface area contributed by atoms with E-state index in [9.17, 15) is 14.4 Å². The largest absolute Gasteiger partial charge is 0.458 e. The Morgan fingerprint density at radius 3 is 2.63 bits per heavy atom. The van der Waals surface area contributed by atoms with Crippen LogP contribution in [0.5, 0.6) is 0 Å². The second-order valence-electron chi connectivity index (χ2n) is 9.08. The van der Waals surface area contributed by atoms with E-state index in [4.69, 9.17) is 13.6 Å². The maximum Gasteiger partial charge on any atom is 0.437 e.